The zero-order valence-electron chi connectivity index (χ0n) is 13.0. The number of rotatable bonds is 5. The van der Waals surface area contributed by atoms with Gasteiger partial charge in [0.25, 0.3) is 5.91 Å². The maximum Gasteiger partial charge on any atom is 0.387 e. The molecular formula is C16H19F2NO4. The van der Waals surface area contributed by atoms with Crippen LogP contribution in [0.15, 0.2) is 24.3 Å². The van der Waals surface area contributed by atoms with Crippen LogP contribution < -0.4 is 4.74 Å². The van der Waals surface area contributed by atoms with Crippen LogP contribution in [0.25, 0.3) is 0 Å². The molecular weight excluding hydrogens is 308 g/mol. The molecule has 7 heteroatoms. The number of hydrogen-bond acceptors (Lipinski definition) is 3. The van der Waals surface area contributed by atoms with E-state index >= 15 is 0 Å². The van der Waals surface area contributed by atoms with Crippen molar-refractivity contribution in [3.63, 3.8) is 0 Å². The van der Waals surface area contributed by atoms with Crippen LogP contribution in [0.3, 0.4) is 0 Å². The molecule has 0 radical (unpaired) electrons. The van der Waals surface area contributed by atoms with E-state index in [1.165, 1.54) is 23.1 Å². The monoisotopic (exact) mass is 327 g/mol. The lowest BCUT2D eigenvalue weighted by Gasteiger charge is -2.28. The van der Waals surface area contributed by atoms with Crippen LogP contribution in [-0.4, -0.2) is 41.6 Å². The van der Waals surface area contributed by atoms with Crippen molar-refractivity contribution < 1.29 is 28.2 Å². The number of carboxylic acid groups (broad SMARTS) is 1. The Bertz CT molecular complexity index is 605. The Morgan fingerprint density at radius 2 is 1.96 bits per heavy atom. The summed E-state index contributed by atoms with van der Waals surface area (Å²) in [6.45, 7) is 0.899. The molecule has 126 valence electrons. The van der Waals surface area contributed by atoms with Crippen molar-refractivity contribution in [1.29, 1.82) is 0 Å². The van der Waals surface area contributed by atoms with E-state index in [0.717, 1.165) is 0 Å². The summed E-state index contributed by atoms with van der Waals surface area (Å²) in [7, 11) is 0. The Kier molecular flexibility index (Phi) is 4.87. The van der Waals surface area contributed by atoms with E-state index in [2.05, 4.69) is 4.74 Å². The van der Waals surface area contributed by atoms with Crippen molar-refractivity contribution in [2.45, 2.75) is 26.9 Å². The van der Waals surface area contributed by atoms with Crippen molar-refractivity contribution in [3.8, 4) is 5.75 Å². The molecule has 23 heavy (non-hydrogen) atoms. The smallest absolute Gasteiger partial charge is 0.387 e. The SMILES string of the molecule is CC(C)C1(C(=O)O)CCN(C(=O)c2ccccc2OC(F)F)C1. The molecule has 0 aromatic heterocycles. The highest BCUT2D eigenvalue weighted by molar-refractivity contribution is 5.97. The van der Waals surface area contributed by atoms with Gasteiger partial charge in [-0.05, 0) is 24.5 Å². The van der Waals surface area contributed by atoms with Gasteiger partial charge in [0.15, 0.2) is 0 Å². The summed E-state index contributed by atoms with van der Waals surface area (Å²) < 4.78 is 29.3. The van der Waals surface area contributed by atoms with E-state index < -0.39 is 23.9 Å². The summed E-state index contributed by atoms with van der Waals surface area (Å²) in [5.74, 6) is -1.79. The number of carbonyl (C=O) groups excluding carboxylic acids is 1. The molecule has 0 aliphatic carbocycles. The number of carboxylic acids is 1. The molecule has 5 nitrogen and oxygen atoms in total. The number of nitrogens with zero attached hydrogens (tertiary/aromatic N) is 1. The highest BCUT2D eigenvalue weighted by atomic mass is 19.3. The van der Waals surface area contributed by atoms with Crippen molar-refractivity contribution >= 4 is 11.9 Å². The zero-order chi connectivity index (χ0) is 17.2. The van der Waals surface area contributed by atoms with Gasteiger partial charge >= 0.3 is 12.6 Å². The topological polar surface area (TPSA) is 66.8 Å². The van der Waals surface area contributed by atoms with Crippen molar-refractivity contribution in [2.75, 3.05) is 13.1 Å². The molecule has 1 aromatic carbocycles. The van der Waals surface area contributed by atoms with Crippen LogP contribution in [0.4, 0.5) is 8.78 Å². The molecule has 1 aromatic rings. The second kappa shape index (κ2) is 6.52. The molecule has 0 bridgehead atoms. The van der Waals surface area contributed by atoms with Gasteiger partial charge in [0, 0.05) is 13.1 Å². The maximum absolute atomic E-state index is 12.6. The summed E-state index contributed by atoms with van der Waals surface area (Å²) in [6.07, 6.45) is 0.337. The average molecular weight is 327 g/mol. The number of alkyl halides is 2. The third-order valence-electron chi connectivity index (χ3n) is 4.45. The predicted molar refractivity (Wildman–Crippen MR) is 78.5 cm³/mol. The normalized spacial score (nSPS) is 21.0. The van der Waals surface area contributed by atoms with Gasteiger partial charge in [0.2, 0.25) is 0 Å². The van der Waals surface area contributed by atoms with Crippen LogP contribution >= 0.6 is 0 Å². The van der Waals surface area contributed by atoms with Gasteiger partial charge in [-0.25, -0.2) is 0 Å². The fourth-order valence-corrected chi connectivity index (χ4v) is 2.91. The molecule has 1 unspecified atom stereocenters. The fraction of sp³-hybridized carbons (Fsp3) is 0.500. The summed E-state index contributed by atoms with van der Waals surface area (Å²) in [4.78, 5) is 25.6. The number of carbonyl (C=O) groups is 2. The fourth-order valence-electron chi connectivity index (χ4n) is 2.91. The highest BCUT2D eigenvalue weighted by Crippen LogP contribution is 2.39. The molecule has 1 saturated heterocycles. The first-order valence-corrected chi connectivity index (χ1v) is 7.34. The van der Waals surface area contributed by atoms with Crippen LogP contribution in [-0.2, 0) is 4.79 Å². The summed E-state index contributed by atoms with van der Waals surface area (Å²) in [5.41, 5.74) is -0.994. The lowest BCUT2D eigenvalue weighted by molar-refractivity contribution is -0.150. The minimum absolute atomic E-state index is 0.0118. The Hall–Kier alpha value is -2.18. The second-order valence-electron chi connectivity index (χ2n) is 5.97. The Balaban J connectivity index is 2.25. The molecule has 1 aliphatic heterocycles. The number of ether oxygens (including phenoxy) is 1. The van der Waals surface area contributed by atoms with Gasteiger partial charge in [-0.1, -0.05) is 26.0 Å². The molecule has 1 fully saturated rings. The number of benzene rings is 1. The molecule has 0 spiro atoms. The Labute approximate surface area is 132 Å². The van der Waals surface area contributed by atoms with E-state index in [0.29, 0.717) is 6.42 Å². The van der Waals surface area contributed by atoms with Crippen LogP contribution in [0.5, 0.6) is 5.75 Å². The first kappa shape index (κ1) is 17.2. The molecule has 1 N–H and O–H groups in total. The molecule has 0 saturated carbocycles. The third-order valence-corrected chi connectivity index (χ3v) is 4.45. The minimum Gasteiger partial charge on any atom is -0.481 e. The van der Waals surface area contributed by atoms with E-state index in [4.69, 9.17) is 0 Å². The zero-order valence-corrected chi connectivity index (χ0v) is 13.0. The van der Waals surface area contributed by atoms with Gasteiger partial charge in [-0.3, -0.25) is 9.59 Å². The number of aliphatic carboxylic acids is 1. The first-order valence-electron chi connectivity index (χ1n) is 7.34. The van der Waals surface area contributed by atoms with Crippen LogP contribution in [0, 0.1) is 11.3 Å². The van der Waals surface area contributed by atoms with E-state index in [9.17, 15) is 23.5 Å². The molecule has 1 amide bonds. The summed E-state index contributed by atoms with van der Waals surface area (Å²) in [5, 5.41) is 9.52. The van der Waals surface area contributed by atoms with E-state index in [1.54, 1.807) is 19.9 Å². The van der Waals surface area contributed by atoms with E-state index in [1.807, 2.05) is 0 Å². The predicted octanol–water partition coefficient (Wildman–Crippen LogP) is 2.86. The third kappa shape index (κ3) is 3.28. The molecule has 1 aliphatic rings. The van der Waals surface area contributed by atoms with Crippen molar-refractivity contribution in [2.24, 2.45) is 11.3 Å². The summed E-state index contributed by atoms with van der Waals surface area (Å²) in [6, 6.07) is 5.74. The first-order chi connectivity index (χ1) is 10.8. The number of amides is 1. The minimum atomic E-state index is -3.03. The van der Waals surface area contributed by atoms with Gasteiger partial charge in [0.1, 0.15) is 5.75 Å². The molecule has 1 heterocycles. The van der Waals surface area contributed by atoms with Crippen molar-refractivity contribution in [3.05, 3.63) is 29.8 Å². The van der Waals surface area contributed by atoms with Gasteiger partial charge in [-0.15, -0.1) is 0 Å². The van der Waals surface area contributed by atoms with E-state index in [-0.39, 0.29) is 30.3 Å². The average Bonchev–Trinajstić information content (AvgIpc) is 2.93. The maximum atomic E-state index is 12.6. The van der Waals surface area contributed by atoms with Gasteiger partial charge in [0.05, 0.1) is 11.0 Å². The van der Waals surface area contributed by atoms with Crippen LogP contribution in [0.2, 0.25) is 0 Å². The highest BCUT2D eigenvalue weighted by Gasteiger charge is 2.48. The molecule has 1 atom stereocenters. The second-order valence-corrected chi connectivity index (χ2v) is 5.97. The Morgan fingerprint density at radius 3 is 2.48 bits per heavy atom. The quantitative estimate of drug-likeness (QED) is 0.903. The van der Waals surface area contributed by atoms with Crippen LogP contribution in [0.1, 0.15) is 30.6 Å². The number of likely N-dealkylation sites (tertiary alicyclic amines) is 1. The van der Waals surface area contributed by atoms with Gasteiger partial charge < -0.3 is 14.7 Å². The standard InChI is InChI=1S/C16H19F2NO4/c1-10(2)16(14(21)22)7-8-19(9-16)13(20)11-5-3-4-6-12(11)23-15(17)18/h3-6,10,15H,7-9H2,1-2H3,(H,21,22). The number of halogens is 2. The van der Waals surface area contributed by atoms with Gasteiger partial charge in [-0.2, -0.15) is 8.78 Å². The Morgan fingerprint density at radius 1 is 1.30 bits per heavy atom. The lowest BCUT2D eigenvalue weighted by atomic mass is 9.76. The molecule has 2 rings (SSSR count). The van der Waals surface area contributed by atoms with Crippen molar-refractivity contribution in [1.82, 2.24) is 4.90 Å². The summed E-state index contributed by atoms with van der Waals surface area (Å²) >= 11 is 0. The number of para-hydroxylation sites is 1. The lowest BCUT2D eigenvalue weighted by Crippen LogP contribution is -2.40. The largest absolute Gasteiger partial charge is 0.481 e. The number of hydrogen-bond donors (Lipinski definition) is 1.